The van der Waals surface area contributed by atoms with Gasteiger partial charge in [-0.1, -0.05) is 30.3 Å². The molecule has 0 amide bonds. The van der Waals surface area contributed by atoms with Crippen molar-refractivity contribution in [2.75, 3.05) is 6.54 Å². The molecule has 4 aliphatic rings. The van der Waals surface area contributed by atoms with Crippen LogP contribution in [-0.2, 0) is 20.9 Å². The van der Waals surface area contributed by atoms with Crippen molar-refractivity contribution in [3.63, 3.8) is 0 Å². The number of halogens is 1. The second kappa shape index (κ2) is 10.0. The molecule has 0 spiro atoms. The number of carboxylic acids is 1. The third-order valence-corrected chi connectivity index (χ3v) is 8.70. The van der Waals surface area contributed by atoms with Crippen molar-refractivity contribution in [2.45, 2.75) is 81.1 Å². The Kier molecular flexibility index (Phi) is 6.58. The highest BCUT2D eigenvalue weighted by molar-refractivity contribution is 6.18. The average Bonchev–Trinajstić information content (AvgIpc) is 3.43. The van der Waals surface area contributed by atoms with Gasteiger partial charge in [-0.05, 0) is 50.1 Å². The van der Waals surface area contributed by atoms with Crippen molar-refractivity contribution in [1.82, 2.24) is 19.8 Å². The predicted molar refractivity (Wildman–Crippen MR) is 133 cm³/mol. The monoisotopic (exact) mass is 508 g/mol. The number of alkyl halides is 1. The van der Waals surface area contributed by atoms with Crippen molar-refractivity contribution < 1.29 is 23.8 Å². The van der Waals surface area contributed by atoms with Gasteiger partial charge in [0, 0.05) is 31.1 Å². The molecule has 2 aliphatic heterocycles. The number of fused-ring (bicyclic) bond motifs is 2. The predicted octanol–water partition coefficient (Wildman–Crippen LogP) is 2.91. The molecule has 8 unspecified atom stereocenters. The fourth-order valence-electron chi connectivity index (χ4n) is 6.97. The van der Waals surface area contributed by atoms with Crippen LogP contribution in [0.4, 0.5) is 4.39 Å². The number of Topliss-reactive ketones (excluding diaryl/α,β-unsaturated/α-hetero) is 1. The molecule has 2 aliphatic carbocycles. The van der Waals surface area contributed by atoms with Gasteiger partial charge in [-0.3, -0.25) is 4.79 Å². The number of nitrogens with one attached hydrogen (secondary N) is 1. The molecule has 3 fully saturated rings. The summed E-state index contributed by atoms with van der Waals surface area (Å²) in [6.07, 6.45) is 8.36. The molecule has 1 aromatic heterocycles. The molecule has 0 bridgehead atoms. The van der Waals surface area contributed by atoms with E-state index in [1.54, 1.807) is 18.7 Å². The number of aromatic nitrogens is 2. The van der Waals surface area contributed by atoms with Crippen molar-refractivity contribution >= 4 is 11.8 Å². The smallest absolute Gasteiger partial charge is 0.340 e. The van der Waals surface area contributed by atoms with Gasteiger partial charge in [-0.2, -0.15) is 0 Å². The summed E-state index contributed by atoms with van der Waals surface area (Å²) in [4.78, 5) is 31.3. The van der Waals surface area contributed by atoms with Gasteiger partial charge in [0.15, 0.2) is 5.78 Å². The van der Waals surface area contributed by atoms with E-state index in [2.05, 4.69) is 27.3 Å². The number of hydrogen-bond acceptors (Lipinski definition) is 6. The van der Waals surface area contributed by atoms with E-state index in [1.807, 2.05) is 29.0 Å². The molecule has 8 nitrogen and oxygen atoms in total. The number of aliphatic carboxylic acids is 1. The zero-order valence-corrected chi connectivity index (χ0v) is 20.7. The molecule has 196 valence electrons. The molecule has 3 heterocycles. The molecule has 2 saturated carbocycles. The molecule has 6 rings (SSSR count). The molecule has 37 heavy (non-hydrogen) atoms. The van der Waals surface area contributed by atoms with Gasteiger partial charge >= 0.3 is 5.97 Å². The fraction of sp³-hybridized carbons (Fsp3) is 0.536. The number of morpholine rings is 1. The van der Waals surface area contributed by atoms with E-state index in [0.717, 1.165) is 32.2 Å². The minimum absolute atomic E-state index is 0.00314. The van der Waals surface area contributed by atoms with Crippen LogP contribution in [0.1, 0.15) is 43.6 Å². The second-order valence-corrected chi connectivity index (χ2v) is 10.8. The Hall–Kier alpha value is -3.04. The van der Waals surface area contributed by atoms with E-state index in [0.29, 0.717) is 12.5 Å². The van der Waals surface area contributed by atoms with Crippen LogP contribution in [0.15, 0.2) is 60.8 Å². The molecule has 1 aromatic carbocycles. The lowest BCUT2D eigenvalue weighted by Crippen LogP contribution is -2.73. The zero-order chi connectivity index (χ0) is 25.5. The summed E-state index contributed by atoms with van der Waals surface area (Å²) in [6, 6.07) is 9.38. The Morgan fingerprint density at radius 1 is 1.22 bits per heavy atom. The van der Waals surface area contributed by atoms with Crippen LogP contribution in [0.25, 0.3) is 0 Å². The average molecular weight is 509 g/mol. The first-order valence-corrected chi connectivity index (χ1v) is 13.3. The second-order valence-electron chi connectivity index (χ2n) is 10.8. The Bertz CT molecular complexity index is 1160. The molecular formula is C28H33FN4O4. The summed E-state index contributed by atoms with van der Waals surface area (Å²) < 4.78 is 24.3. The molecular weight excluding hydrogens is 475 g/mol. The lowest BCUT2D eigenvalue weighted by molar-refractivity contribution is -0.199. The standard InChI is InChI=1S/C28H33FN4O4/c29-21-14-19-25-27(24(21)31-9-4-11-32-12-10-30-16-32)37-23-8-7-18(17-5-2-1-3-6-17)13-22(23)33(25)15-20(26(19)34)28(35)36/h1-3,5-6,10,12,15-16,18-19,21-25,27,31H,4,7-9,11,13-14H2,(H,35,36). The quantitative estimate of drug-likeness (QED) is 0.439. The number of benzene rings is 1. The highest BCUT2D eigenvalue weighted by atomic mass is 19.1. The number of ether oxygens (including phenoxy) is 1. The van der Waals surface area contributed by atoms with E-state index in [9.17, 15) is 14.7 Å². The van der Waals surface area contributed by atoms with Crippen LogP contribution >= 0.6 is 0 Å². The SMILES string of the molecule is O=C(O)C1=CN2C3CC(c4ccccc4)CCC3OC3C(NCCCn4ccnc4)C(F)CC(C1=O)C32. The van der Waals surface area contributed by atoms with Crippen LogP contribution in [0.3, 0.4) is 0 Å². The van der Waals surface area contributed by atoms with Crippen LogP contribution in [-0.4, -0.2) is 74.4 Å². The van der Waals surface area contributed by atoms with Crippen LogP contribution < -0.4 is 5.32 Å². The van der Waals surface area contributed by atoms with E-state index >= 15 is 4.39 Å². The minimum Gasteiger partial charge on any atom is -0.478 e. The van der Waals surface area contributed by atoms with Crippen LogP contribution in [0, 0.1) is 5.92 Å². The number of carbonyl (C=O) groups excluding carboxylic acids is 1. The zero-order valence-electron chi connectivity index (χ0n) is 20.7. The lowest BCUT2D eigenvalue weighted by Gasteiger charge is -2.59. The van der Waals surface area contributed by atoms with Gasteiger partial charge in [-0.25, -0.2) is 14.2 Å². The lowest BCUT2D eigenvalue weighted by atomic mass is 9.68. The summed E-state index contributed by atoms with van der Waals surface area (Å²) in [5.74, 6) is -2.11. The molecule has 0 radical (unpaired) electrons. The number of aryl methyl sites for hydroxylation is 1. The minimum atomic E-state index is -1.30. The van der Waals surface area contributed by atoms with Gasteiger partial charge in [0.05, 0.1) is 36.7 Å². The number of carboxylic acid groups (broad SMARTS) is 1. The van der Waals surface area contributed by atoms with Crippen molar-refractivity contribution in [3.8, 4) is 0 Å². The maximum absolute atomic E-state index is 15.6. The number of carbonyl (C=O) groups is 2. The van der Waals surface area contributed by atoms with Gasteiger partial charge < -0.3 is 24.6 Å². The van der Waals surface area contributed by atoms with Gasteiger partial charge in [0.1, 0.15) is 11.7 Å². The highest BCUT2D eigenvalue weighted by Gasteiger charge is 2.58. The maximum atomic E-state index is 15.6. The molecule has 2 N–H and O–H groups in total. The number of rotatable bonds is 7. The molecule has 8 atom stereocenters. The van der Waals surface area contributed by atoms with Gasteiger partial charge in [0.25, 0.3) is 0 Å². The Labute approximate surface area is 215 Å². The van der Waals surface area contributed by atoms with E-state index in [1.165, 1.54) is 5.56 Å². The third-order valence-electron chi connectivity index (χ3n) is 8.70. The van der Waals surface area contributed by atoms with Crippen molar-refractivity contribution in [3.05, 3.63) is 66.4 Å². The fourth-order valence-corrected chi connectivity index (χ4v) is 6.97. The highest BCUT2D eigenvalue weighted by Crippen LogP contribution is 2.47. The van der Waals surface area contributed by atoms with Crippen LogP contribution in [0.5, 0.6) is 0 Å². The molecule has 2 aromatic rings. The summed E-state index contributed by atoms with van der Waals surface area (Å²) in [5, 5.41) is 13.2. The first kappa shape index (κ1) is 24.3. The van der Waals surface area contributed by atoms with Gasteiger partial charge in [-0.15, -0.1) is 0 Å². The van der Waals surface area contributed by atoms with E-state index in [-0.39, 0.29) is 30.2 Å². The summed E-state index contributed by atoms with van der Waals surface area (Å²) in [6.45, 7) is 1.38. The topological polar surface area (TPSA) is 96.7 Å². The Balaban J connectivity index is 1.26. The van der Waals surface area contributed by atoms with Crippen molar-refractivity contribution in [2.24, 2.45) is 5.92 Å². The van der Waals surface area contributed by atoms with E-state index < -0.39 is 36.0 Å². The van der Waals surface area contributed by atoms with Gasteiger partial charge in [0.2, 0.25) is 0 Å². The Morgan fingerprint density at radius 3 is 2.81 bits per heavy atom. The third kappa shape index (κ3) is 4.48. The maximum Gasteiger partial charge on any atom is 0.340 e. The summed E-state index contributed by atoms with van der Waals surface area (Å²) in [5.41, 5.74) is 1.03. The number of nitrogens with zero attached hydrogens (tertiary/aromatic N) is 3. The largest absolute Gasteiger partial charge is 0.478 e. The normalized spacial score (nSPS) is 34.9. The number of imidazole rings is 1. The number of hydrogen-bond donors (Lipinski definition) is 2. The Morgan fingerprint density at radius 2 is 2.05 bits per heavy atom. The molecule has 9 heteroatoms. The first-order chi connectivity index (χ1) is 18.0. The number of ketones is 1. The van der Waals surface area contributed by atoms with Crippen LogP contribution in [0.2, 0.25) is 0 Å². The first-order valence-electron chi connectivity index (χ1n) is 13.3. The van der Waals surface area contributed by atoms with Crippen molar-refractivity contribution in [1.29, 1.82) is 0 Å². The summed E-state index contributed by atoms with van der Waals surface area (Å²) >= 11 is 0. The summed E-state index contributed by atoms with van der Waals surface area (Å²) in [7, 11) is 0. The molecule has 1 saturated heterocycles. The van der Waals surface area contributed by atoms with E-state index in [4.69, 9.17) is 4.74 Å².